The molecule has 4 heteroatoms. The van der Waals surface area contributed by atoms with Crippen LogP contribution in [0.15, 0.2) is 48.5 Å². The predicted octanol–water partition coefficient (Wildman–Crippen LogP) is 3.15. The van der Waals surface area contributed by atoms with E-state index in [4.69, 9.17) is 14.2 Å². The van der Waals surface area contributed by atoms with Crippen LogP contribution in [-0.2, 0) is 17.7 Å². The average Bonchev–Trinajstić information content (AvgIpc) is 2.62. The fraction of sp³-hybridized carbons (Fsp3) is 0.400. The molecule has 0 spiro atoms. The fourth-order valence-electron chi connectivity index (χ4n) is 3.24. The second-order valence-corrected chi connectivity index (χ2v) is 6.07. The first kappa shape index (κ1) is 16.8. The van der Waals surface area contributed by atoms with Gasteiger partial charge in [0.05, 0.1) is 26.9 Å². The minimum Gasteiger partial charge on any atom is -0.493 e. The third kappa shape index (κ3) is 4.08. The van der Waals surface area contributed by atoms with Crippen LogP contribution in [0.2, 0.25) is 0 Å². The molecule has 0 aromatic heterocycles. The lowest BCUT2D eigenvalue weighted by molar-refractivity contribution is -0.0306. The Morgan fingerprint density at radius 2 is 1.88 bits per heavy atom. The van der Waals surface area contributed by atoms with Crippen molar-refractivity contribution < 1.29 is 14.2 Å². The Morgan fingerprint density at radius 1 is 1.04 bits per heavy atom. The largest absolute Gasteiger partial charge is 0.493 e. The standard InChI is InChI=1S/C20H25NO3/c1-22-19-10-6-9-17(20(19)23-2)14-21-11-12-24-18(15-21)13-16-7-4-3-5-8-16/h3-10,18H,11-15H2,1-2H3. The summed E-state index contributed by atoms with van der Waals surface area (Å²) in [6.45, 7) is 3.47. The Kier molecular flexibility index (Phi) is 5.72. The molecule has 1 atom stereocenters. The summed E-state index contributed by atoms with van der Waals surface area (Å²) < 4.78 is 16.9. The fourth-order valence-corrected chi connectivity index (χ4v) is 3.24. The van der Waals surface area contributed by atoms with Gasteiger partial charge in [-0.2, -0.15) is 0 Å². The number of hydrogen-bond acceptors (Lipinski definition) is 4. The highest BCUT2D eigenvalue weighted by atomic mass is 16.5. The molecule has 1 aliphatic heterocycles. The lowest BCUT2D eigenvalue weighted by Gasteiger charge is -2.33. The Hall–Kier alpha value is -2.04. The van der Waals surface area contributed by atoms with Crippen molar-refractivity contribution in [2.75, 3.05) is 33.9 Å². The molecule has 3 rings (SSSR count). The summed E-state index contributed by atoms with van der Waals surface area (Å²) in [6.07, 6.45) is 1.19. The number of methoxy groups -OCH3 is 2. The summed E-state index contributed by atoms with van der Waals surface area (Å²) in [5.41, 5.74) is 2.47. The number of benzene rings is 2. The molecule has 0 saturated carbocycles. The summed E-state index contributed by atoms with van der Waals surface area (Å²) >= 11 is 0. The number of para-hydroxylation sites is 1. The van der Waals surface area contributed by atoms with Gasteiger partial charge in [-0.15, -0.1) is 0 Å². The first-order chi connectivity index (χ1) is 11.8. The monoisotopic (exact) mass is 327 g/mol. The maximum atomic E-state index is 5.95. The zero-order valence-corrected chi connectivity index (χ0v) is 14.4. The molecule has 1 heterocycles. The Bertz CT molecular complexity index is 645. The zero-order chi connectivity index (χ0) is 16.8. The molecule has 2 aromatic carbocycles. The van der Waals surface area contributed by atoms with Gasteiger partial charge in [-0.05, 0) is 18.1 Å². The molecular formula is C20H25NO3. The van der Waals surface area contributed by atoms with Gasteiger partial charge in [-0.1, -0.05) is 42.5 Å². The summed E-state index contributed by atoms with van der Waals surface area (Å²) in [5.74, 6) is 1.61. The van der Waals surface area contributed by atoms with Crippen molar-refractivity contribution in [2.45, 2.75) is 19.1 Å². The molecule has 24 heavy (non-hydrogen) atoms. The number of ether oxygens (including phenoxy) is 3. The van der Waals surface area contributed by atoms with Crippen LogP contribution in [0.4, 0.5) is 0 Å². The number of nitrogens with zero attached hydrogens (tertiary/aromatic N) is 1. The van der Waals surface area contributed by atoms with Crippen molar-refractivity contribution >= 4 is 0 Å². The van der Waals surface area contributed by atoms with E-state index in [2.05, 4.69) is 35.2 Å². The Balaban J connectivity index is 1.65. The highest BCUT2D eigenvalue weighted by molar-refractivity contribution is 5.46. The first-order valence-electron chi connectivity index (χ1n) is 8.38. The molecule has 0 radical (unpaired) electrons. The Morgan fingerprint density at radius 3 is 2.62 bits per heavy atom. The number of morpholine rings is 1. The Labute approximate surface area is 144 Å². The molecule has 0 bridgehead atoms. The van der Waals surface area contributed by atoms with Gasteiger partial charge >= 0.3 is 0 Å². The van der Waals surface area contributed by atoms with E-state index >= 15 is 0 Å². The summed E-state index contributed by atoms with van der Waals surface area (Å²) in [6, 6.07) is 16.6. The lowest BCUT2D eigenvalue weighted by atomic mass is 10.1. The number of hydrogen-bond donors (Lipinski definition) is 0. The van der Waals surface area contributed by atoms with Gasteiger partial charge in [-0.25, -0.2) is 0 Å². The molecule has 0 aliphatic carbocycles. The molecule has 128 valence electrons. The van der Waals surface area contributed by atoms with Gasteiger partial charge in [0, 0.05) is 25.2 Å². The summed E-state index contributed by atoms with van der Waals surface area (Å²) in [7, 11) is 3.37. The molecule has 4 nitrogen and oxygen atoms in total. The molecule has 0 N–H and O–H groups in total. The van der Waals surface area contributed by atoms with Crippen LogP contribution in [0.3, 0.4) is 0 Å². The third-order valence-corrected chi connectivity index (χ3v) is 4.41. The molecular weight excluding hydrogens is 302 g/mol. The minimum absolute atomic E-state index is 0.234. The van der Waals surface area contributed by atoms with Gasteiger partial charge in [0.25, 0.3) is 0 Å². The zero-order valence-electron chi connectivity index (χ0n) is 14.4. The van der Waals surface area contributed by atoms with Crippen LogP contribution in [0.5, 0.6) is 11.5 Å². The topological polar surface area (TPSA) is 30.9 Å². The maximum Gasteiger partial charge on any atom is 0.165 e. The lowest BCUT2D eigenvalue weighted by Crippen LogP contribution is -2.42. The molecule has 1 fully saturated rings. The minimum atomic E-state index is 0.234. The second-order valence-electron chi connectivity index (χ2n) is 6.07. The molecule has 1 aliphatic rings. The van der Waals surface area contributed by atoms with Gasteiger partial charge in [-0.3, -0.25) is 4.90 Å². The van der Waals surface area contributed by atoms with Crippen LogP contribution >= 0.6 is 0 Å². The van der Waals surface area contributed by atoms with Crippen molar-refractivity contribution in [2.24, 2.45) is 0 Å². The highest BCUT2D eigenvalue weighted by Crippen LogP contribution is 2.31. The van der Waals surface area contributed by atoms with E-state index < -0.39 is 0 Å². The normalized spacial score (nSPS) is 18.3. The summed E-state index contributed by atoms with van der Waals surface area (Å²) in [4.78, 5) is 2.42. The van der Waals surface area contributed by atoms with Crippen LogP contribution in [0.1, 0.15) is 11.1 Å². The molecule has 2 aromatic rings. The van der Waals surface area contributed by atoms with Crippen LogP contribution in [-0.4, -0.2) is 44.9 Å². The smallest absolute Gasteiger partial charge is 0.165 e. The second kappa shape index (κ2) is 8.18. The van der Waals surface area contributed by atoms with Crippen LogP contribution in [0.25, 0.3) is 0 Å². The SMILES string of the molecule is COc1cccc(CN2CCOC(Cc3ccccc3)C2)c1OC. The van der Waals surface area contributed by atoms with Gasteiger partial charge in [0.1, 0.15) is 0 Å². The van der Waals surface area contributed by atoms with Crippen molar-refractivity contribution in [1.29, 1.82) is 0 Å². The predicted molar refractivity (Wildman–Crippen MR) is 94.7 cm³/mol. The molecule has 0 amide bonds. The van der Waals surface area contributed by atoms with E-state index in [1.165, 1.54) is 5.56 Å². The highest BCUT2D eigenvalue weighted by Gasteiger charge is 2.22. The van der Waals surface area contributed by atoms with Gasteiger partial charge in [0.15, 0.2) is 11.5 Å². The third-order valence-electron chi connectivity index (χ3n) is 4.41. The van der Waals surface area contributed by atoms with E-state index in [1.54, 1.807) is 14.2 Å². The van der Waals surface area contributed by atoms with E-state index in [9.17, 15) is 0 Å². The van der Waals surface area contributed by atoms with E-state index in [-0.39, 0.29) is 6.10 Å². The van der Waals surface area contributed by atoms with Gasteiger partial charge in [0.2, 0.25) is 0 Å². The summed E-state index contributed by atoms with van der Waals surface area (Å²) in [5, 5.41) is 0. The van der Waals surface area contributed by atoms with Crippen LogP contribution < -0.4 is 9.47 Å². The van der Waals surface area contributed by atoms with E-state index in [1.807, 2.05) is 18.2 Å². The maximum absolute atomic E-state index is 5.95. The van der Waals surface area contributed by atoms with Crippen molar-refractivity contribution in [3.63, 3.8) is 0 Å². The van der Waals surface area contributed by atoms with Crippen molar-refractivity contribution in [3.8, 4) is 11.5 Å². The van der Waals surface area contributed by atoms with Crippen molar-refractivity contribution in [3.05, 3.63) is 59.7 Å². The average molecular weight is 327 g/mol. The molecule has 1 saturated heterocycles. The van der Waals surface area contributed by atoms with Crippen LogP contribution in [0, 0.1) is 0 Å². The first-order valence-corrected chi connectivity index (χ1v) is 8.38. The molecule has 1 unspecified atom stereocenters. The number of rotatable bonds is 6. The van der Waals surface area contributed by atoms with E-state index in [0.29, 0.717) is 0 Å². The quantitative estimate of drug-likeness (QED) is 0.815. The van der Waals surface area contributed by atoms with E-state index in [0.717, 1.165) is 49.7 Å². The van der Waals surface area contributed by atoms with Gasteiger partial charge < -0.3 is 14.2 Å². The van der Waals surface area contributed by atoms with Crippen molar-refractivity contribution in [1.82, 2.24) is 4.90 Å².